The minimum absolute atomic E-state index is 0.0494. The smallest absolute Gasteiger partial charge is 0.358 e. The van der Waals surface area contributed by atoms with Crippen molar-refractivity contribution in [3.63, 3.8) is 0 Å². The van der Waals surface area contributed by atoms with Gasteiger partial charge < -0.3 is 5.11 Å². The molecule has 0 bridgehead atoms. The molecule has 2 aromatic heterocycles. The molecule has 2 heterocycles. The van der Waals surface area contributed by atoms with Gasteiger partial charge in [-0.15, -0.1) is 5.10 Å². The van der Waals surface area contributed by atoms with E-state index in [0.717, 1.165) is 0 Å². The van der Waals surface area contributed by atoms with Crippen LogP contribution in [0.15, 0.2) is 24.4 Å². The summed E-state index contributed by atoms with van der Waals surface area (Å²) in [6, 6.07) is 5.04. The predicted octanol–water partition coefficient (Wildman–Crippen LogP) is 1.01. The fraction of sp³-hybridized carbons (Fsp3) is 0.200. The molecule has 7 heteroatoms. The number of carbonyl (C=O) groups is 1. The Hall–Kier alpha value is -2.31. The Balaban J connectivity index is 2.56. The number of rotatable bonds is 4. The molecule has 0 aliphatic rings. The highest BCUT2D eigenvalue weighted by Gasteiger charge is 2.20. The Labute approximate surface area is 95.7 Å². The average molecular weight is 236 g/mol. The van der Waals surface area contributed by atoms with Crippen molar-refractivity contribution in [1.82, 2.24) is 20.0 Å². The van der Waals surface area contributed by atoms with Crippen molar-refractivity contribution in [1.29, 1.82) is 0 Å². The number of halogens is 1. The van der Waals surface area contributed by atoms with Gasteiger partial charge in [-0.2, -0.15) is 0 Å². The van der Waals surface area contributed by atoms with E-state index in [9.17, 15) is 9.18 Å². The van der Waals surface area contributed by atoms with Crippen LogP contribution in [0.3, 0.4) is 0 Å². The van der Waals surface area contributed by atoms with Crippen molar-refractivity contribution < 1.29 is 14.3 Å². The van der Waals surface area contributed by atoms with Gasteiger partial charge in [-0.05, 0) is 12.1 Å². The van der Waals surface area contributed by atoms with Crippen molar-refractivity contribution in [2.45, 2.75) is 6.54 Å². The lowest BCUT2D eigenvalue weighted by Crippen LogP contribution is -2.06. The van der Waals surface area contributed by atoms with Crippen LogP contribution in [0, 0.1) is 0 Å². The topological polar surface area (TPSA) is 80.9 Å². The predicted molar refractivity (Wildman–Crippen MR) is 56.2 cm³/mol. The Morgan fingerprint density at radius 3 is 2.88 bits per heavy atom. The molecule has 0 saturated heterocycles. The first-order valence-corrected chi connectivity index (χ1v) is 4.88. The SMILES string of the molecule is O=C(O)c1nnn(CCF)c1-c1ccccn1. The number of carboxylic acids is 1. The van der Waals surface area contributed by atoms with Crippen LogP contribution in [0.25, 0.3) is 11.4 Å². The second kappa shape index (κ2) is 4.69. The van der Waals surface area contributed by atoms with Crippen LogP contribution in [0.5, 0.6) is 0 Å². The summed E-state index contributed by atoms with van der Waals surface area (Å²) >= 11 is 0. The quantitative estimate of drug-likeness (QED) is 0.856. The van der Waals surface area contributed by atoms with E-state index in [4.69, 9.17) is 5.11 Å². The van der Waals surface area contributed by atoms with E-state index in [1.165, 1.54) is 10.9 Å². The summed E-state index contributed by atoms with van der Waals surface area (Å²) in [5.41, 5.74) is 0.399. The second-order valence-electron chi connectivity index (χ2n) is 3.22. The molecule has 2 rings (SSSR count). The minimum atomic E-state index is -1.21. The van der Waals surface area contributed by atoms with Gasteiger partial charge in [0, 0.05) is 6.20 Å². The zero-order valence-corrected chi connectivity index (χ0v) is 8.75. The third-order valence-electron chi connectivity index (χ3n) is 2.14. The summed E-state index contributed by atoms with van der Waals surface area (Å²) in [6.45, 7) is -0.700. The molecule has 17 heavy (non-hydrogen) atoms. The van der Waals surface area contributed by atoms with Gasteiger partial charge in [0.2, 0.25) is 0 Å². The number of alkyl halides is 1. The number of aryl methyl sites for hydroxylation is 1. The van der Waals surface area contributed by atoms with Gasteiger partial charge in [0.05, 0.1) is 12.2 Å². The van der Waals surface area contributed by atoms with E-state index in [1.54, 1.807) is 18.2 Å². The highest BCUT2D eigenvalue weighted by Crippen LogP contribution is 2.19. The Kier molecular flexibility index (Phi) is 3.08. The van der Waals surface area contributed by atoms with Crippen LogP contribution in [0.4, 0.5) is 4.39 Å². The van der Waals surface area contributed by atoms with Crippen LogP contribution < -0.4 is 0 Å². The molecule has 0 unspecified atom stereocenters. The lowest BCUT2D eigenvalue weighted by atomic mass is 10.2. The van der Waals surface area contributed by atoms with Gasteiger partial charge in [-0.3, -0.25) is 4.98 Å². The first-order valence-electron chi connectivity index (χ1n) is 4.88. The summed E-state index contributed by atoms with van der Waals surface area (Å²) in [5, 5.41) is 16.1. The fourth-order valence-corrected chi connectivity index (χ4v) is 1.45. The van der Waals surface area contributed by atoms with Crippen LogP contribution in [-0.4, -0.2) is 37.7 Å². The number of aromatic nitrogens is 4. The van der Waals surface area contributed by atoms with Crippen molar-refractivity contribution in [2.75, 3.05) is 6.67 Å². The summed E-state index contributed by atoms with van der Waals surface area (Å²) < 4.78 is 13.5. The maximum Gasteiger partial charge on any atom is 0.358 e. The van der Waals surface area contributed by atoms with E-state index < -0.39 is 12.6 Å². The standard InChI is InChI=1S/C10H9FN4O2/c11-4-6-15-9(7-3-1-2-5-12-7)8(10(16)17)13-14-15/h1-3,5H,4,6H2,(H,16,17). The summed E-state index contributed by atoms with van der Waals surface area (Å²) in [4.78, 5) is 15.0. The van der Waals surface area contributed by atoms with Gasteiger partial charge >= 0.3 is 5.97 Å². The maximum atomic E-state index is 12.3. The molecule has 0 fully saturated rings. The number of nitrogens with zero attached hydrogens (tertiary/aromatic N) is 4. The van der Waals surface area contributed by atoms with E-state index in [1.807, 2.05) is 0 Å². The molecule has 0 spiro atoms. The maximum absolute atomic E-state index is 12.3. The largest absolute Gasteiger partial charge is 0.476 e. The van der Waals surface area contributed by atoms with E-state index >= 15 is 0 Å². The molecule has 1 N–H and O–H groups in total. The number of hydrogen-bond donors (Lipinski definition) is 1. The van der Waals surface area contributed by atoms with E-state index in [0.29, 0.717) is 5.69 Å². The zero-order chi connectivity index (χ0) is 12.3. The van der Waals surface area contributed by atoms with Crippen molar-refractivity contribution in [3.8, 4) is 11.4 Å². The number of pyridine rings is 1. The molecule has 0 aliphatic carbocycles. The third kappa shape index (κ3) is 2.12. The highest BCUT2D eigenvalue weighted by atomic mass is 19.1. The molecule has 0 saturated carbocycles. The van der Waals surface area contributed by atoms with Crippen LogP contribution in [0.2, 0.25) is 0 Å². The monoisotopic (exact) mass is 236 g/mol. The molecule has 88 valence electrons. The highest BCUT2D eigenvalue weighted by molar-refractivity contribution is 5.92. The van der Waals surface area contributed by atoms with Crippen molar-refractivity contribution >= 4 is 5.97 Å². The molecule has 0 aliphatic heterocycles. The lowest BCUT2D eigenvalue weighted by Gasteiger charge is -2.03. The molecule has 0 aromatic carbocycles. The van der Waals surface area contributed by atoms with Gasteiger partial charge in [0.1, 0.15) is 12.4 Å². The van der Waals surface area contributed by atoms with Gasteiger partial charge in [0.15, 0.2) is 5.69 Å². The van der Waals surface area contributed by atoms with Gasteiger partial charge in [0.25, 0.3) is 0 Å². The third-order valence-corrected chi connectivity index (χ3v) is 2.14. The Morgan fingerprint density at radius 1 is 1.47 bits per heavy atom. The van der Waals surface area contributed by atoms with E-state index in [2.05, 4.69) is 15.3 Å². The summed E-state index contributed by atoms with van der Waals surface area (Å²) in [5.74, 6) is -1.21. The molecule has 2 aromatic rings. The minimum Gasteiger partial charge on any atom is -0.476 e. The van der Waals surface area contributed by atoms with Gasteiger partial charge in [-0.25, -0.2) is 13.9 Å². The molecule has 0 radical (unpaired) electrons. The molecule has 0 atom stereocenters. The molecular formula is C10H9FN4O2. The number of hydrogen-bond acceptors (Lipinski definition) is 4. The van der Waals surface area contributed by atoms with Crippen LogP contribution in [0.1, 0.15) is 10.5 Å². The van der Waals surface area contributed by atoms with E-state index in [-0.39, 0.29) is 17.9 Å². The molecule has 6 nitrogen and oxygen atoms in total. The first-order chi connectivity index (χ1) is 8.24. The fourth-order valence-electron chi connectivity index (χ4n) is 1.45. The Morgan fingerprint density at radius 2 is 2.29 bits per heavy atom. The summed E-state index contributed by atoms with van der Waals surface area (Å²) in [6.07, 6.45) is 1.52. The number of carboxylic acid groups (broad SMARTS) is 1. The lowest BCUT2D eigenvalue weighted by molar-refractivity contribution is 0.0691. The van der Waals surface area contributed by atoms with Crippen LogP contribution in [-0.2, 0) is 6.54 Å². The Bertz CT molecular complexity index is 526. The zero-order valence-electron chi connectivity index (χ0n) is 8.75. The van der Waals surface area contributed by atoms with Gasteiger partial charge in [-0.1, -0.05) is 11.3 Å². The molecular weight excluding hydrogens is 227 g/mol. The molecule has 0 amide bonds. The normalized spacial score (nSPS) is 10.4. The average Bonchev–Trinajstić information content (AvgIpc) is 2.74. The van der Waals surface area contributed by atoms with Crippen molar-refractivity contribution in [2.24, 2.45) is 0 Å². The van der Waals surface area contributed by atoms with Crippen LogP contribution >= 0.6 is 0 Å². The number of aromatic carboxylic acids is 1. The summed E-state index contributed by atoms with van der Waals surface area (Å²) in [7, 11) is 0. The van der Waals surface area contributed by atoms with Crippen molar-refractivity contribution in [3.05, 3.63) is 30.1 Å². The first kappa shape index (κ1) is 11.2. The second-order valence-corrected chi connectivity index (χ2v) is 3.22.